The van der Waals surface area contributed by atoms with Crippen LogP contribution in [0.2, 0.25) is 6.04 Å². The minimum Gasteiger partial charge on any atom is -0.377 e. The van der Waals surface area contributed by atoms with Crippen molar-refractivity contribution in [2.24, 2.45) is 5.92 Å². The van der Waals surface area contributed by atoms with Crippen LogP contribution < -0.4 is 0 Å². The van der Waals surface area contributed by atoms with Crippen molar-refractivity contribution in [3.05, 3.63) is 0 Å². The zero-order valence-corrected chi connectivity index (χ0v) is 23.7. The summed E-state index contributed by atoms with van der Waals surface area (Å²) in [4.78, 5) is -0.159. The van der Waals surface area contributed by atoms with Gasteiger partial charge in [0.15, 0.2) is 0 Å². The number of alkyl halides is 1. The van der Waals surface area contributed by atoms with Crippen LogP contribution in [0.25, 0.3) is 0 Å². The van der Waals surface area contributed by atoms with E-state index < -0.39 is 8.80 Å². The quantitative estimate of drug-likeness (QED) is 0.0831. The lowest BCUT2D eigenvalue weighted by Gasteiger charge is -2.30. The van der Waals surface area contributed by atoms with Gasteiger partial charge in [-0.25, -0.2) is 0 Å². The van der Waals surface area contributed by atoms with Crippen LogP contribution in [0.5, 0.6) is 0 Å². The van der Waals surface area contributed by atoms with Gasteiger partial charge in [0.05, 0.1) is 0 Å². The SMILES string of the molecule is CCCCCCCCCCCCCCCCC(CCC[Si](OC)(OC)OC)C(C)(C)Cl. The summed E-state index contributed by atoms with van der Waals surface area (Å²) in [7, 11) is 2.61. The summed E-state index contributed by atoms with van der Waals surface area (Å²) >= 11 is 6.73. The van der Waals surface area contributed by atoms with E-state index in [1.54, 1.807) is 21.3 Å². The first-order valence-electron chi connectivity index (χ1n) is 13.2. The molecule has 0 fully saturated rings. The van der Waals surface area contributed by atoms with Gasteiger partial charge < -0.3 is 13.3 Å². The van der Waals surface area contributed by atoms with E-state index in [-0.39, 0.29) is 4.87 Å². The van der Waals surface area contributed by atoms with E-state index in [4.69, 9.17) is 24.9 Å². The molecule has 0 aliphatic rings. The minimum absolute atomic E-state index is 0.159. The Morgan fingerprint density at radius 3 is 1.32 bits per heavy atom. The lowest BCUT2D eigenvalue weighted by Crippen LogP contribution is -2.42. The van der Waals surface area contributed by atoms with Crippen molar-refractivity contribution in [3.8, 4) is 0 Å². The van der Waals surface area contributed by atoms with Crippen molar-refractivity contribution in [3.63, 3.8) is 0 Å². The predicted octanol–water partition coefficient (Wildman–Crippen LogP) is 9.15. The van der Waals surface area contributed by atoms with E-state index in [1.165, 1.54) is 96.3 Å². The van der Waals surface area contributed by atoms with Gasteiger partial charge in [0.2, 0.25) is 0 Å². The van der Waals surface area contributed by atoms with Gasteiger partial charge in [0.1, 0.15) is 0 Å². The molecular formula is C26H55ClO3Si. The Bertz CT molecular complexity index is 375. The summed E-state index contributed by atoms with van der Waals surface area (Å²) in [5, 5.41) is 0. The zero-order chi connectivity index (χ0) is 23.4. The van der Waals surface area contributed by atoms with E-state index in [2.05, 4.69) is 20.8 Å². The maximum atomic E-state index is 6.73. The van der Waals surface area contributed by atoms with Crippen LogP contribution in [0.1, 0.15) is 130 Å². The molecule has 0 aromatic carbocycles. The highest BCUT2D eigenvalue weighted by atomic mass is 35.5. The molecule has 0 saturated carbocycles. The number of halogens is 1. The first kappa shape index (κ1) is 31.4. The highest BCUT2D eigenvalue weighted by Crippen LogP contribution is 2.34. The lowest BCUT2D eigenvalue weighted by atomic mass is 9.86. The Kier molecular flexibility index (Phi) is 20.1. The van der Waals surface area contributed by atoms with Crippen LogP contribution in [0.15, 0.2) is 0 Å². The topological polar surface area (TPSA) is 27.7 Å². The molecule has 0 aliphatic heterocycles. The summed E-state index contributed by atoms with van der Waals surface area (Å²) in [6.45, 7) is 6.62. The number of hydrogen-bond acceptors (Lipinski definition) is 3. The van der Waals surface area contributed by atoms with E-state index >= 15 is 0 Å². The van der Waals surface area contributed by atoms with E-state index in [0.717, 1.165) is 18.9 Å². The van der Waals surface area contributed by atoms with Crippen molar-refractivity contribution in [1.82, 2.24) is 0 Å². The lowest BCUT2D eigenvalue weighted by molar-refractivity contribution is 0.122. The molecule has 0 spiro atoms. The molecule has 0 N–H and O–H groups in total. The van der Waals surface area contributed by atoms with E-state index in [9.17, 15) is 0 Å². The monoisotopic (exact) mass is 478 g/mol. The summed E-state index contributed by atoms with van der Waals surface area (Å²) < 4.78 is 16.7. The third-order valence-electron chi connectivity index (χ3n) is 6.85. The third-order valence-corrected chi connectivity index (χ3v) is 9.99. The maximum absolute atomic E-state index is 6.73. The Morgan fingerprint density at radius 1 is 0.613 bits per heavy atom. The Hall–Kier alpha value is 0.387. The number of hydrogen-bond donors (Lipinski definition) is 0. The molecule has 31 heavy (non-hydrogen) atoms. The molecule has 0 rings (SSSR count). The molecule has 188 valence electrons. The summed E-state index contributed by atoms with van der Waals surface area (Å²) in [5.41, 5.74) is 0. The molecule has 0 aromatic heterocycles. The molecule has 0 saturated heterocycles. The Morgan fingerprint density at radius 2 is 0.968 bits per heavy atom. The van der Waals surface area contributed by atoms with Crippen molar-refractivity contribution in [2.45, 2.75) is 141 Å². The van der Waals surface area contributed by atoms with Crippen molar-refractivity contribution < 1.29 is 13.3 Å². The fraction of sp³-hybridized carbons (Fsp3) is 1.00. The molecule has 3 nitrogen and oxygen atoms in total. The zero-order valence-electron chi connectivity index (χ0n) is 21.9. The summed E-state index contributed by atoms with van der Waals surface area (Å²) in [6.07, 6.45) is 23.0. The molecule has 0 bridgehead atoms. The van der Waals surface area contributed by atoms with Gasteiger partial charge >= 0.3 is 8.80 Å². The Balaban J connectivity index is 3.80. The average Bonchev–Trinajstić information content (AvgIpc) is 2.75. The normalized spacial score (nSPS) is 13.6. The van der Waals surface area contributed by atoms with Crippen molar-refractivity contribution in [2.75, 3.05) is 21.3 Å². The van der Waals surface area contributed by atoms with Gasteiger partial charge in [-0.3, -0.25) is 0 Å². The highest BCUT2D eigenvalue weighted by Gasteiger charge is 2.37. The van der Waals surface area contributed by atoms with Crippen molar-refractivity contribution in [1.29, 1.82) is 0 Å². The molecule has 0 aromatic rings. The molecule has 0 heterocycles. The fourth-order valence-electron chi connectivity index (χ4n) is 4.54. The van der Waals surface area contributed by atoms with Gasteiger partial charge in [-0.15, -0.1) is 11.6 Å². The van der Waals surface area contributed by atoms with Crippen LogP contribution in [0.4, 0.5) is 0 Å². The van der Waals surface area contributed by atoms with E-state index in [0.29, 0.717) is 5.92 Å². The van der Waals surface area contributed by atoms with Gasteiger partial charge in [-0.1, -0.05) is 96.8 Å². The fourth-order valence-corrected chi connectivity index (χ4v) is 6.50. The van der Waals surface area contributed by atoms with Crippen molar-refractivity contribution >= 4 is 20.4 Å². The third kappa shape index (κ3) is 16.6. The predicted molar refractivity (Wildman–Crippen MR) is 139 cm³/mol. The molecule has 0 radical (unpaired) electrons. The molecule has 5 heteroatoms. The molecule has 1 atom stereocenters. The average molecular weight is 479 g/mol. The first-order chi connectivity index (χ1) is 14.8. The molecular weight excluding hydrogens is 424 g/mol. The smallest absolute Gasteiger partial charge is 0.377 e. The number of rotatable bonds is 23. The van der Waals surface area contributed by atoms with Gasteiger partial charge in [0.25, 0.3) is 0 Å². The second-order valence-electron chi connectivity index (χ2n) is 9.83. The maximum Gasteiger partial charge on any atom is 0.500 e. The number of unbranched alkanes of at least 4 members (excludes halogenated alkanes) is 13. The van der Waals surface area contributed by atoms with Gasteiger partial charge in [0, 0.05) is 32.2 Å². The first-order valence-corrected chi connectivity index (χ1v) is 15.5. The second-order valence-corrected chi connectivity index (χ2v) is 13.9. The van der Waals surface area contributed by atoms with Gasteiger partial charge in [-0.2, -0.15) is 0 Å². The van der Waals surface area contributed by atoms with Crippen LogP contribution in [-0.2, 0) is 13.3 Å². The molecule has 0 amide bonds. The van der Waals surface area contributed by atoms with Crippen LogP contribution in [0.3, 0.4) is 0 Å². The van der Waals surface area contributed by atoms with E-state index in [1.807, 2.05) is 0 Å². The minimum atomic E-state index is -2.46. The summed E-state index contributed by atoms with van der Waals surface area (Å²) in [6, 6.07) is 0.860. The summed E-state index contributed by atoms with van der Waals surface area (Å²) in [5.74, 6) is 0.531. The Labute approximate surface area is 201 Å². The van der Waals surface area contributed by atoms with Crippen LogP contribution in [-0.4, -0.2) is 35.0 Å². The van der Waals surface area contributed by atoms with Crippen LogP contribution in [0, 0.1) is 5.92 Å². The highest BCUT2D eigenvalue weighted by molar-refractivity contribution is 6.60. The largest absolute Gasteiger partial charge is 0.500 e. The van der Waals surface area contributed by atoms with Crippen LogP contribution >= 0.6 is 11.6 Å². The molecule has 1 unspecified atom stereocenters. The second kappa shape index (κ2) is 19.8. The standard InChI is InChI=1S/C26H55ClO3Si/c1-7-8-9-10-11-12-13-14-15-16-17-18-19-20-22-25(26(2,3)27)23-21-24-31(28-4,29-5)30-6/h25H,7-24H2,1-6H3. The van der Waals surface area contributed by atoms with Gasteiger partial charge in [-0.05, 0) is 39.0 Å². The molecule has 0 aliphatic carbocycles.